The van der Waals surface area contributed by atoms with Gasteiger partial charge in [0.1, 0.15) is 12.3 Å². The minimum atomic E-state index is -0.281. The van der Waals surface area contributed by atoms with Crippen molar-refractivity contribution >= 4 is 28.7 Å². The van der Waals surface area contributed by atoms with Gasteiger partial charge in [0.15, 0.2) is 0 Å². The van der Waals surface area contributed by atoms with E-state index in [-0.39, 0.29) is 29.9 Å². The van der Waals surface area contributed by atoms with Crippen molar-refractivity contribution in [2.24, 2.45) is 0 Å². The molecule has 0 radical (unpaired) electrons. The predicted octanol–water partition coefficient (Wildman–Crippen LogP) is 2.17. The van der Waals surface area contributed by atoms with Gasteiger partial charge in [-0.05, 0) is 30.2 Å². The highest BCUT2D eigenvalue weighted by atomic mass is 16.5. The van der Waals surface area contributed by atoms with Gasteiger partial charge in [0.2, 0.25) is 17.8 Å². The Morgan fingerprint density at radius 3 is 2.80 bits per heavy atom. The number of nitrogens with zero attached hydrogens (tertiary/aromatic N) is 3. The summed E-state index contributed by atoms with van der Waals surface area (Å²) in [6.07, 6.45) is 0.943. The van der Waals surface area contributed by atoms with Crippen LogP contribution in [-0.2, 0) is 22.7 Å². The van der Waals surface area contributed by atoms with E-state index < -0.39 is 0 Å². The molecule has 0 spiro atoms. The first-order chi connectivity index (χ1) is 14.5. The number of hydrogen-bond acceptors (Lipinski definition) is 5. The average molecular weight is 406 g/mol. The predicted molar refractivity (Wildman–Crippen MR) is 112 cm³/mol. The van der Waals surface area contributed by atoms with Gasteiger partial charge in [-0.25, -0.2) is 4.98 Å². The molecular formula is C22H22N4O4. The lowest BCUT2D eigenvalue weighted by atomic mass is 10.2. The molecule has 8 nitrogen and oxygen atoms in total. The van der Waals surface area contributed by atoms with Gasteiger partial charge in [-0.15, -0.1) is 0 Å². The van der Waals surface area contributed by atoms with Gasteiger partial charge in [0.05, 0.1) is 17.5 Å². The van der Waals surface area contributed by atoms with Gasteiger partial charge < -0.3 is 9.64 Å². The lowest BCUT2D eigenvalue weighted by Gasteiger charge is -2.17. The van der Waals surface area contributed by atoms with E-state index in [0.29, 0.717) is 42.6 Å². The zero-order chi connectivity index (χ0) is 21.1. The lowest BCUT2D eigenvalue weighted by molar-refractivity contribution is -0.130. The Bertz CT molecular complexity index is 1160. The highest BCUT2D eigenvalue weighted by Gasteiger charge is 2.21. The van der Waals surface area contributed by atoms with E-state index in [1.54, 1.807) is 30.1 Å². The second-order valence-corrected chi connectivity index (χ2v) is 7.24. The molecule has 1 aliphatic heterocycles. The Morgan fingerprint density at radius 1 is 1.20 bits per heavy atom. The molecule has 2 heterocycles. The minimum absolute atomic E-state index is 0.0270. The fourth-order valence-electron chi connectivity index (χ4n) is 3.39. The maximum absolute atomic E-state index is 12.6. The minimum Gasteiger partial charge on any atom is -0.494 e. The molecule has 2 amide bonds. The molecule has 8 heteroatoms. The van der Waals surface area contributed by atoms with E-state index in [9.17, 15) is 14.4 Å². The molecule has 1 aliphatic rings. The summed E-state index contributed by atoms with van der Waals surface area (Å²) < 4.78 is 7.04. The van der Waals surface area contributed by atoms with Gasteiger partial charge in [-0.2, -0.15) is 0 Å². The summed E-state index contributed by atoms with van der Waals surface area (Å²) >= 11 is 0. The van der Waals surface area contributed by atoms with Crippen molar-refractivity contribution in [1.82, 2.24) is 14.5 Å². The van der Waals surface area contributed by atoms with E-state index >= 15 is 0 Å². The standard InChI is InChI=1S/C22H22N4O4/c1-25(13-15-6-3-2-4-7-15)20(28)8-5-11-30-16-9-10-18-17(12-16)21(29)26-14-19(27)24-22(26)23-18/h2-4,6-7,9-10,12H,5,8,11,13-14H2,1H3,(H,23,24,27). The second-order valence-electron chi connectivity index (χ2n) is 7.24. The molecular weight excluding hydrogens is 384 g/mol. The molecule has 30 heavy (non-hydrogen) atoms. The number of rotatable bonds is 7. The van der Waals surface area contributed by atoms with Crippen LogP contribution >= 0.6 is 0 Å². The lowest BCUT2D eigenvalue weighted by Crippen LogP contribution is -2.26. The van der Waals surface area contributed by atoms with Gasteiger partial charge in [-0.1, -0.05) is 30.3 Å². The van der Waals surface area contributed by atoms with Crippen LogP contribution in [0.15, 0.2) is 53.3 Å². The highest BCUT2D eigenvalue weighted by Crippen LogP contribution is 2.20. The fourth-order valence-corrected chi connectivity index (χ4v) is 3.39. The number of carbonyl (C=O) groups excluding carboxylic acids is 2. The van der Waals surface area contributed by atoms with Gasteiger partial charge >= 0.3 is 0 Å². The molecule has 0 saturated heterocycles. The van der Waals surface area contributed by atoms with E-state index in [4.69, 9.17) is 4.74 Å². The third-order valence-electron chi connectivity index (χ3n) is 4.97. The number of nitrogens with one attached hydrogen (secondary N) is 1. The van der Waals surface area contributed by atoms with Crippen molar-refractivity contribution < 1.29 is 14.3 Å². The normalized spacial score (nSPS) is 12.5. The van der Waals surface area contributed by atoms with E-state index in [0.717, 1.165) is 5.56 Å². The Kier molecular flexibility index (Phi) is 5.47. The van der Waals surface area contributed by atoms with Crippen LogP contribution in [0.25, 0.3) is 10.9 Å². The number of fused-ring (bicyclic) bond motifs is 2. The van der Waals surface area contributed by atoms with E-state index in [1.807, 2.05) is 30.3 Å². The topological polar surface area (TPSA) is 93.5 Å². The van der Waals surface area contributed by atoms with E-state index in [2.05, 4.69) is 10.3 Å². The highest BCUT2D eigenvalue weighted by molar-refractivity contribution is 5.94. The first kappa shape index (κ1) is 19.6. The molecule has 0 saturated carbocycles. The smallest absolute Gasteiger partial charge is 0.263 e. The van der Waals surface area contributed by atoms with Crippen molar-refractivity contribution in [2.75, 3.05) is 19.0 Å². The summed E-state index contributed by atoms with van der Waals surface area (Å²) in [5.41, 5.74) is 1.30. The molecule has 0 fully saturated rings. The van der Waals surface area contributed by atoms with Crippen LogP contribution in [0.3, 0.4) is 0 Å². The van der Waals surface area contributed by atoms with Crippen LogP contribution < -0.4 is 15.6 Å². The number of aromatic nitrogens is 2. The first-order valence-electron chi connectivity index (χ1n) is 9.76. The van der Waals surface area contributed by atoms with Gasteiger partial charge in [0.25, 0.3) is 5.56 Å². The Morgan fingerprint density at radius 2 is 2.00 bits per heavy atom. The largest absolute Gasteiger partial charge is 0.494 e. The molecule has 154 valence electrons. The van der Waals surface area contributed by atoms with Crippen LogP contribution in [0, 0.1) is 0 Å². The number of anilines is 1. The van der Waals surface area contributed by atoms with Crippen molar-refractivity contribution in [3.05, 3.63) is 64.4 Å². The summed E-state index contributed by atoms with van der Waals surface area (Å²) in [6, 6.07) is 14.9. The molecule has 4 rings (SSSR count). The first-order valence-corrected chi connectivity index (χ1v) is 9.76. The maximum atomic E-state index is 12.6. The molecule has 1 N–H and O–H groups in total. The summed E-state index contributed by atoms with van der Waals surface area (Å²) in [5, 5.41) is 2.96. The van der Waals surface area contributed by atoms with Crippen LogP contribution in [0.2, 0.25) is 0 Å². The molecule has 1 aromatic heterocycles. The molecule has 2 aromatic carbocycles. The Labute approximate surface area is 173 Å². The van der Waals surface area contributed by atoms with Gasteiger partial charge in [0, 0.05) is 20.0 Å². The quantitative estimate of drug-likeness (QED) is 0.607. The number of benzene rings is 2. The van der Waals surface area contributed by atoms with Gasteiger partial charge in [-0.3, -0.25) is 24.3 Å². The van der Waals surface area contributed by atoms with Crippen LogP contribution in [-0.4, -0.2) is 39.9 Å². The summed E-state index contributed by atoms with van der Waals surface area (Å²) in [7, 11) is 1.79. The Balaban J connectivity index is 1.32. The zero-order valence-corrected chi connectivity index (χ0v) is 16.6. The Hall–Kier alpha value is -3.68. The number of ether oxygens (including phenoxy) is 1. The summed E-state index contributed by atoms with van der Waals surface area (Å²) in [4.78, 5) is 42.4. The maximum Gasteiger partial charge on any atom is 0.263 e. The number of hydrogen-bond donors (Lipinski definition) is 1. The SMILES string of the molecule is CN(Cc1ccccc1)C(=O)CCCOc1ccc2nc3n(c(=O)c2c1)CC(=O)N3. The van der Waals surface area contributed by atoms with Crippen LogP contribution in [0.1, 0.15) is 18.4 Å². The number of amides is 2. The number of carbonyl (C=O) groups is 2. The van der Waals surface area contributed by atoms with Crippen LogP contribution in [0.5, 0.6) is 5.75 Å². The second kappa shape index (κ2) is 8.36. The van der Waals surface area contributed by atoms with Crippen LogP contribution in [0.4, 0.5) is 5.95 Å². The molecule has 0 bridgehead atoms. The average Bonchev–Trinajstić information content (AvgIpc) is 3.12. The molecule has 3 aromatic rings. The molecule has 0 aliphatic carbocycles. The van der Waals surface area contributed by atoms with Crippen molar-refractivity contribution in [2.45, 2.75) is 25.9 Å². The third kappa shape index (κ3) is 4.17. The molecule has 0 atom stereocenters. The summed E-state index contributed by atoms with van der Waals surface area (Å²) in [5.74, 6) is 0.595. The molecule has 0 unspecified atom stereocenters. The van der Waals surface area contributed by atoms with Crippen molar-refractivity contribution in [3.63, 3.8) is 0 Å². The summed E-state index contributed by atoms with van der Waals surface area (Å²) in [6.45, 7) is 0.904. The van der Waals surface area contributed by atoms with Crippen molar-refractivity contribution in [3.8, 4) is 5.75 Å². The van der Waals surface area contributed by atoms with Crippen molar-refractivity contribution in [1.29, 1.82) is 0 Å². The monoisotopic (exact) mass is 406 g/mol. The fraction of sp³-hybridized carbons (Fsp3) is 0.273. The third-order valence-corrected chi connectivity index (χ3v) is 4.97. The zero-order valence-electron chi connectivity index (χ0n) is 16.6. The van der Waals surface area contributed by atoms with E-state index in [1.165, 1.54) is 4.57 Å².